The van der Waals surface area contributed by atoms with Crippen molar-refractivity contribution in [3.8, 4) is 0 Å². The highest BCUT2D eigenvalue weighted by molar-refractivity contribution is 7.12. The number of carbonyl (C=O) groups excluding carboxylic acids is 1. The van der Waals surface area contributed by atoms with Gasteiger partial charge in [-0.3, -0.25) is 4.79 Å². The number of likely N-dealkylation sites (tertiary alicyclic amines) is 1. The minimum absolute atomic E-state index is 0.0875. The predicted molar refractivity (Wildman–Crippen MR) is 110 cm³/mol. The Kier molecular flexibility index (Phi) is 7.01. The molecule has 0 aliphatic carbocycles. The third-order valence-electron chi connectivity index (χ3n) is 5.61. The van der Waals surface area contributed by atoms with Gasteiger partial charge in [-0.2, -0.15) is 13.2 Å². The average Bonchev–Trinajstić information content (AvgIpc) is 3.12. The minimum atomic E-state index is -4.29. The Bertz CT molecular complexity index is 825. The van der Waals surface area contributed by atoms with Crippen molar-refractivity contribution < 1.29 is 18.0 Å². The van der Waals surface area contributed by atoms with Crippen LogP contribution in [-0.2, 0) is 12.6 Å². The molecule has 2 aromatic rings. The maximum Gasteiger partial charge on any atom is 0.416 e. The molecule has 1 aliphatic rings. The molecule has 0 spiro atoms. The summed E-state index contributed by atoms with van der Waals surface area (Å²) in [6, 6.07) is 7.57. The first-order valence-electron chi connectivity index (χ1n) is 9.92. The van der Waals surface area contributed by atoms with Crippen LogP contribution in [0.2, 0.25) is 0 Å². The van der Waals surface area contributed by atoms with E-state index in [1.54, 1.807) is 6.07 Å². The number of alkyl halides is 3. The van der Waals surface area contributed by atoms with E-state index < -0.39 is 11.7 Å². The highest BCUT2D eigenvalue weighted by Crippen LogP contribution is 2.29. The van der Waals surface area contributed by atoms with Gasteiger partial charge in [-0.25, -0.2) is 0 Å². The standard InChI is InChI=1S/C22H27F3N2OS/c1-16-9-13-29-20(16)21(28)26(2)15-18-7-11-27(12-8-18)10-6-17-4-3-5-19(14-17)22(23,24)25/h3-5,9,13-14,18H,6-8,10-12,15H2,1-2H3. The Morgan fingerprint density at radius 3 is 2.59 bits per heavy atom. The number of amides is 1. The molecule has 0 radical (unpaired) electrons. The molecule has 7 heteroatoms. The number of aryl methyl sites for hydroxylation is 1. The molecule has 1 amide bonds. The van der Waals surface area contributed by atoms with Gasteiger partial charge in [0.2, 0.25) is 0 Å². The molecule has 0 saturated carbocycles. The topological polar surface area (TPSA) is 23.6 Å². The van der Waals surface area contributed by atoms with E-state index in [0.717, 1.165) is 61.1 Å². The molecule has 2 heterocycles. The van der Waals surface area contributed by atoms with Crippen molar-refractivity contribution in [3.63, 3.8) is 0 Å². The molecule has 3 nitrogen and oxygen atoms in total. The normalized spacial score (nSPS) is 16.2. The summed E-state index contributed by atoms with van der Waals surface area (Å²) in [5.74, 6) is 0.554. The molecule has 1 fully saturated rings. The van der Waals surface area contributed by atoms with Crippen LogP contribution in [0.5, 0.6) is 0 Å². The molecule has 1 saturated heterocycles. The summed E-state index contributed by atoms with van der Waals surface area (Å²) >= 11 is 1.49. The number of hydrogen-bond donors (Lipinski definition) is 0. The van der Waals surface area contributed by atoms with E-state index in [1.165, 1.54) is 23.5 Å². The molecule has 3 rings (SSSR count). The predicted octanol–water partition coefficient (Wildman–Crippen LogP) is 5.10. The van der Waals surface area contributed by atoms with Crippen molar-refractivity contribution in [1.29, 1.82) is 0 Å². The fourth-order valence-corrected chi connectivity index (χ4v) is 4.74. The molecule has 0 unspecified atom stereocenters. The van der Waals surface area contributed by atoms with Crippen LogP contribution in [0, 0.1) is 12.8 Å². The fraction of sp³-hybridized carbons (Fsp3) is 0.500. The summed E-state index contributed by atoms with van der Waals surface area (Å²) in [6.45, 7) is 5.31. The number of carbonyl (C=O) groups is 1. The van der Waals surface area contributed by atoms with Gasteiger partial charge in [0.25, 0.3) is 5.91 Å². The summed E-state index contributed by atoms with van der Waals surface area (Å²) in [5, 5.41) is 1.94. The minimum Gasteiger partial charge on any atom is -0.341 e. The van der Waals surface area contributed by atoms with E-state index in [2.05, 4.69) is 4.90 Å². The lowest BCUT2D eigenvalue weighted by Gasteiger charge is -2.34. The zero-order valence-electron chi connectivity index (χ0n) is 16.8. The number of nitrogens with zero attached hydrogens (tertiary/aromatic N) is 2. The first kappa shape index (κ1) is 21.8. The molecular weight excluding hydrogens is 397 g/mol. The van der Waals surface area contributed by atoms with Gasteiger partial charge in [0.1, 0.15) is 0 Å². The van der Waals surface area contributed by atoms with E-state index >= 15 is 0 Å². The summed E-state index contributed by atoms with van der Waals surface area (Å²) in [6.07, 6.45) is -1.67. The molecule has 1 aromatic carbocycles. The largest absolute Gasteiger partial charge is 0.416 e. The number of hydrogen-bond acceptors (Lipinski definition) is 3. The molecule has 29 heavy (non-hydrogen) atoms. The van der Waals surface area contributed by atoms with Crippen molar-refractivity contribution in [2.45, 2.75) is 32.4 Å². The maximum atomic E-state index is 12.8. The van der Waals surface area contributed by atoms with E-state index in [4.69, 9.17) is 0 Å². The zero-order valence-corrected chi connectivity index (χ0v) is 17.7. The summed E-state index contributed by atoms with van der Waals surface area (Å²) in [7, 11) is 1.86. The number of piperidine rings is 1. The number of rotatable bonds is 6. The Morgan fingerprint density at radius 1 is 1.24 bits per heavy atom. The quantitative estimate of drug-likeness (QED) is 0.644. The molecule has 1 aliphatic heterocycles. The van der Waals surface area contributed by atoms with Crippen LogP contribution in [0.15, 0.2) is 35.7 Å². The molecule has 0 atom stereocenters. The van der Waals surface area contributed by atoms with Gasteiger partial charge < -0.3 is 9.80 Å². The van der Waals surface area contributed by atoms with E-state index in [0.29, 0.717) is 12.3 Å². The van der Waals surface area contributed by atoms with Gasteiger partial charge in [-0.15, -0.1) is 11.3 Å². The van der Waals surface area contributed by atoms with Gasteiger partial charge in [0.15, 0.2) is 0 Å². The molecule has 1 aromatic heterocycles. The summed E-state index contributed by atoms with van der Waals surface area (Å²) in [5.41, 5.74) is 1.16. The summed E-state index contributed by atoms with van der Waals surface area (Å²) < 4.78 is 38.5. The first-order valence-corrected chi connectivity index (χ1v) is 10.8. The Balaban J connectivity index is 1.44. The Hall–Kier alpha value is -1.86. The smallest absolute Gasteiger partial charge is 0.341 e. The molecule has 0 N–H and O–H groups in total. The van der Waals surface area contributed by atoms with Crippen LogP contribution in [0.1, 0.15) is 39.2 Å². The van der Waals surface area contributed by atoms with Crippen LogP contribution in [0.25, 0.3) is 0 Å². The number of benzene rings is 1. The van der Waals surface area contributed by atoms with Crippen molar-refractivity contribution in [2.75, 3.05) is 33.2 Å². The second kappa shape index (κ2) is 9.30. The number of thiophene rings is 1. The highest BCUT2D eigenvalue weighted by atomic mass is 32.1. The fourth-order valence-electron chi connectivity index (χ4n) is 3.82. The second-order valence-corrected chi connectivity index (χ2v) is 8.77. The van der Waals surface area contributed by atoms with Crippen molar-refractivity contribution >= 4 is 17.2 Å². The lowest BCUT2D eigenvalue weighted by atomic mass is 9.95. The first-order chi connectivity index (χ1) is 13.7. The van der Waals surface area contributed by atoms with Crippen LogP contribution < -0.4 is 0 Å². The van der Waals surface area contributed by atoms with Crippen LogP contribution in [-0.4, -0.2) is 48.9 Å². The zero-order chi connectivity index (χ0) is 21.0. The summed E-state index contributed by atoms with van der Waals surface area (Å²) in [4.78, 5) is 17.5. The lowest BCUT2D eigenvalue weighted by Crippen LogP contribution is -2.40. The van der Waals surface area contributed by atoms with Gasteiger partial charge in [0, 0.05) is 20.1 Å². The van der Waals surface area contributed by atoms with E-state index in [9.17, 15) is 18.0 Å². The van der Waals surface area contributed by atoms with Gasteiger partial charge in [-0.05, 0) is 73.8 Å². The SMILES string of the molecule is Cc1ccsc1C(=O)N(C)CC1CCN(CCc2cccc(C(F)(F)F)c2)CC1. The van der Waals surface area contributed by atoms with Crippen molar-refractivity contribution in [2.24, 2.45) is 5.92 Å². The van der Waals surface area contributed by atoms with Gasteiger partial charge in [-0.1, -0.05) is 18.2 Å². The van der Waals surface area contributed by atoms with E-state index in [-0.39, 0.29) is 5.91 Å². The lowest BCUT2D eigenvalue weighted by molar-refractivity contribution is -0.137. The Morgan fingerprint density at radius 2 is 1.97 bits per heavy atom. The van der Waals surface area contributed by atoms with Crippen LogP contribution >= 0.6 is 11.3 Å². The monoisotopic (exact) mass is 424 g/mol. The van der Waals surface area contributed by atoms with Crippen LogP contribution in [0.3, 0.4) is 0 Å². The Labute approximate surface area is 174 Å². The van der Waals surface area contributed by atoms with Crippen LogP contribution in [0.4, 0.5) is 13.2 Å². The van der Waals surface area contributed by atoms with Gasteiger partial charge >= 0.3 is 6.18 Å². The molecule has 158 valence electrons. The third kappa shape index (κ3) is 5.82. The molecule has 0 bridgehead atoms. The van der Waals surface area contributed by atoms with Crippen molar-refractivity contribution in [3.05, 3.63) is 57.3 Å². The average molecular weight is 425 g/mol. The number of halogens is 3. The van der Waals surface area contributed by atoms with E-state index in [1.807, 2.05) is 30.3 Å². The maximum absolute atomic E-state index is 12.8. The molecular formula is C22H27F3N2OS. The van der Waals surface area contributed by atoms with Crippen molar-refractivity contribution in [1.82, 2.24) is 9.80 Å². The highest BCUT2D eigenvalue weighted by Gasteiger charge is 2.30. The third-order valence-corrected chi connectivity index (χ3v) is 6.62. The van der Waals surface area contributed by atoms with Gasteiger partial charge in [0.05, 0.1) is 10.4 Å². The second-order valence-electron chi connectivity index (χ2n) is 7.85.